The van der Waals surface area contributed by atoms with Crippen molar-refractivity contribution in [2.24, 2.45) is 0 Å². The van der Waals surface area contributed by atoms with Gasteiger partial charge in [0.25, 0.3) is 10.2 Å². The number of hydrogen-bond donors (Lipinski definition) is 1. The first-order chi connectivity index (χ1) is 14.0. The molecule has 0 aromatic carbocycles. The summed E-state index contributed by atoms with van der Waals surface area (Å²) in [6, 6.07) is 3.03. The van der Waals surface area contributed by atoms with Crippen LogP contribution in [0.1, 0.15) is 19.8 Å². The van der Waals surface area contributed by atoms with E-state index < -0.39 is 21.8 Å². The van der Waals surface area contributed by atoms with Crippen molar-refractivity contribution in [1.29, 1.82) is 5.26 Å². The molecule has 0 bridgehead atoms. The molecule has 2 aliphatic heterocycles. The average molecular weight is 417 g/mol. The fourth-order valence-electron chi connectivity index (χ4n) is 4.41. The molecule has 154 valence electrons. The molecule has 29 heavy (non-hydrogen) atoms. The Kier molecular flexibility index (Phi) is 4.29. The summed E-state index contributed by atoms with van der Waals surface area (Å²) in [4.78, 5) is 14.0. The van der Waals surface area contributed by atoms with Crippen molar-refractivity contribution in [2.45, 2.75) is 37.4 Å². The minimum absolute atomic E-state index is 0.273. The highest BCUT2D eigenvalue weighted by atomic mass is 32.2. The van der Waals surface area contributed by atoms with E-state index in [9.17, 15) is 13.7 Å². The van der Waals surface area contributed by atoms with Crippen molar-refractivity contribution in [1.82, 2.24) is 23.6 Å². The predicted molar refractivity (Wildman–Crippen MR) is 105 cm³/mol. The zero-order chi connectivity index (χ0) is 20.2. The van der Waals surface area contributed by atoms with Gasteiger partial charge in [-0.1, -0.05) is 0 Å². The number of aromatic amines is 1. The van der Waals surface area contributed by atoms with Gasteiger partial charge in [0.05, 0.1) is 36.2 Å². The molecule has 2 saturated heterocycles. The molecule has 0 radical (unpaired) electrons. The van der Waals surface area contributed by atoms with Gasteiger partial charge in [-0.05, 0) is 25.8 Å². The van der Waals surface area contributed by atoms with Crippen LogP contribution in [0.25, 0.3) is 11.0 Å². The number of hydrogen-bond acceptors (Lipinski definition) is 7. The lowest BCUT2D eigenvalue weighted by atomic mass is 10.2. The summed E-state index contributed by atoms with van der Waals surface area (Å²) in [6.07, 6.45) is 4.97. The fraction of sp³-hybridized carbons (Fsp3) is 0.611. The van der Waals surface area contributed by atoms with Gasteiger partial charge < -0.3 is 14.6 Å². The Labute approximate surface area is 169 Å². The summed E-state index contributed by atoms with van der Waals surface area (Å²) < 4.78 is 35.4. The predicted octanol–water partition coefficient (Wildman–Crippen LogP) is 0.470. The maximum Gasteiger partial charge on any atom is 0.284 e. The smallest absolute Gasteiger partial charge is 0.284 e. The largest absolute Gasteiger partial charge is 0.378 e. The van der Waals surface area contributed by atoms with Crippen molar-refractivity contribution in [2.75, 3.05) is 37.7 Å². The fourth-order valence-corrected chi connectivity index (χ4v) is 6.63. The molecule has 1 saturated carbocycles. The molecule has 2 aromatic heterocycles. The molecule has 4 heterocycles. The monoisotopic (exact) mass is 417 g/mol. The summed E-state index contributed by atoms with van der Waals surface area (Å²) in [7, 11) is -3.78. The highest BCUT2D eigenvalue weighted by molar-refractivity contribution is 7.86. The van der Waals surface area contributed by atoms with Crippen LogP contribution in [0.5, 0.6) is 0 Å². The Hall–Kier alpha value is -2.26. The second-order valence-corrected chi connectivity index (χ2v) is 9.75. The number of ether oxygens (including phenoxy) is 1. The Morgan fingerprint density at radius 2 is 2.17 bits per heavy atom. The molecule has 0 amide bonds. The number of piperazine rings is 1. The first-order valence-electron chi connectivity index (χ1n) is 9.78. The van der Waals surface area contributed by atoms with E-state index in [1.807, 2.05) is 12.3 Å². The van der Waals surface area contributed by atoms with Crippen LogP contribution < -0.4 is 4.90 Å². The third-order valence-electron chi connectivity index (χ3n) is 6.14. The van der Waals surface area contributed by atoms with Crippen LogP contribution in [0, 0.1) is 11.3 Å². The third-order valence-corrected chi connectivity index (χ3v) is 8.41. The van der Waals surface area contributed by atoms with E-state index >= 15 is 0 Å². The number of nitrogens with zero attached hydrogens (tertiary/aromatic N) is 6. The van der Waals surface area contributed by atoms with E-state index in [0.29, 0.717) is 32.8 Å². The molecular formula is C18H23N7O3S. The van der Waals surface area contributed by atoms with Crippen molar-refractivity contribution >= 4 is 27.1 Å². The molecular weight excluding hydrogens is 394 g/mol. The van der Waals surface area contributed by atoms with E-state index in [0.717, 1.165) is 29.7 Å². The van der Waals surface area contributed by atoms with Crippen LogP contribution >= 0.6 is 0 Å². The van der Waals surface area contributed by atoms with Crippen molar-refractivity contribution in [3.63, 3.8) is 0 Å². The highest BCUT2D eigenvalue weighted by Gasteiger charge is 2.58. The maximum absolute atomic E-state index is 13.6. The van der Waals surface area contributed by atoms with Gasteiger partial charge in [-0.2, -0.15) is 22.3 Å². The number of fused-ring (bicyclic) bond motifs is 1. The zero-order valence-corrected chi connectivity index (χ0v) is 17.0. The van der Waals surface area contributed by atoms with Gasteiger partial charge in [0, 0.05) is 25.8 Å². The normalized spacial score (nSPS) is 23.3. The Morgan fingerprint density at radius 1 is 1.38 bits per heavy atom. The van der Waals surface area contributed by atoms with E-state index in [-0.39, 0.29) is 6.04 Å². The number of nitrogens with one attached hydrogen (secondary N) is 1. The van der Waals surface area contributed by atoms with Crippen LogP contribution in [0.2, 0.25) is 0 Å². The number of H-pyrrole nitrogens is 1. The van der Waals surface area contributed by atoms with E-state index in [1.54, 1.807) is 11.2 Å². The lowest BCUT2D eigenvalue weighted by Crippen LogP contribution is -2.64. The summed E-state index contributed by atoms with van der Waals surface area (Å²) in [6.45, 7) is 3.79. The van der Waals surface area contributed by atoms with Crippen LogP contribution in [0.15, 0.2) is 18.6 Å². The summed E-state index contributed by atoms with van der Waals surface area (Å²) in [5, 5.41) is 10.3. The van der Waals surface area contributed by atoms with E-state index in [1.165, 1.54) is 10.6 Å². The van der Waals surface area contributed by atoms with Crippen molar-refractivity contribution < 1.29 is 13.2 Å². The Bertz CT molecular complexity index is 1070. The first kappa shape index (κ1) is 18.7. The summed E-state index contributed by atoms with van der Waals surface area (Å²) in [5.41, 5.74) is 0.330. The topological polar surface area (TPSA) is 118 Å². The van der Waals surface area contributed by atoms with Crippen molar-refractivity contribution in [3.8, 4) is 6.07 Å². The minimum atomic E-state index is -3.78. The second-order valence-electron chi connectivity index (χ2n) is 7.99. The van der Waals surface area contributed by atoms with Gasteiger partial charge in [-0.3, -0.25) is 0 Å². The van der Waals surface area contributed by atoms with E-state index in [2.05, 4.69) is 25.9 Å². The number of anilines is 1. The average Bonchev–Trinajstić information content (AvgIpc) is 3.25. The van der Waals surface area contributed by atoms with E-state index in [4.69, 9.17) is 4.74 Å². The molecule has 5 rings (SSSR count). The molecule has 1 aliphatic carbocycles. The molecule has 10 nitrogen and oxygen atoms in total. The van der Waals surface area contributed by atoms with Crippen LogP contribution in [-0.2, 0) is 14.9 Å². The first-order valence-corrected chi connectivity index (χ1v) is 11.2. The van der Waals surface area contributed by atoms with Gasteiger partial charge in [0.1, 0.15) is 23.8 Å². The van der Waals surface area contributed by atoms with Gasteiger partial charge in [-0.15, -0.1) is 0 Å². The minimum Gasteiger partial charge on any atom is -0.378 e. The standard InChI is InChI=1S/C18H23N7O3S/c1-13(8-19)25(14-9-28-10-14)29(26,27)24-7-6-23(11-18(24)3-4-18)17-15-2-5-20-16(15)21-12-22-17/h2,5,12-14H,3-4,6-7,9-11H2,1H3,(H,20,21,22). The Morgan fingerprint density at radius 3 is 2.83 bits per heavy atom. The molecule has 3 fully saturated rings. The molecule has 1 unspecified atom stereocenters. The molecule has 2 aromatic rings. The molecule has 3 aliphatic rings. The lowest BCUT2D eigenvalue weighted by molar-refractivity contribution is -0.0431. The van der Waals surface area contributed by atoms with Crippen LogP contribution in [-0.4, -0.2) is 82.5 Å². The molecule has 1 N–H and O–H groups in total. The third kappa shape index (κ3) is 2.90. The maximum atomic E-state index is 13.6. The SMILES string of the molecule is CC(C#N)N(C1COC1)S(=O)(=O)N1CCN(c2ncnc3[nH]ccc23)CC12CC2. The lowest BCUT2D eigenvalue weighted by Gasteiger charge is -2.46. The summed E-state index contributed by atoms with van der Waals surface area (Å²) >= 11 is 0. The molecule has 11 heteroatoms. The second kappa shape index (κ2) is 6.63. The Balaban J connectivity index is 1.44. The molecule has 1 atom stereocenters. The van der Waals surface area contributed by atoms with Crippen molar-refractivity contribution in [3.05, 3.63) is 18.6 Å². The zero-order valence-electron chi connectivity index (χ0n) is 16.2. The van der Waals surface area contributed by atoms with Gasteiger partial charge in [-0.25, -0.2) is 9.97 Å². The molecule has 1 spiro atoms. The number of aromatic nitrogens is 3. The highest BCUT2D eigenvalue weighted by Crippen LogP contribution is 2.47. The van der Waals surface area contributed by atoms with Crippen LogP contribution in [0.4, 0.5) is 5.82 Å². The van der Waals surface area contributed by atoms with Gasteiger partial charge in [0.15, 0.2) is 0 Å². The number of rotatable bonds is 5. The summed E-state index contributed by atoms with van der Waals surface area (Å²) in [5.74, 6) is 0.828. The van der Waals surface area contributed by atoms with Crippen LogP contribution in [0.3, 0.4) is 0 Å². The van der Waals surface area contributed by atoms with Gasteiger partial charge >= 0.3 is 0 Å². The quantitative estimate of drug-likeness (QED) is 0.751. The van der Waals surface area contributed by atoms with Gasteiger partial charge in [0.2, 0.25) is 0 Å². The number of nitriles is 1.